The zero-order chi connectivity index (χ0) is 27.7. The summed E-state index contributed by atoms with van der Waals surface area (Å²) in [7, 11) is 1.41. The maximum Gasteiger partial charge on any atom is 0.282 e. The van der Waals surface area contributed by atoms with Gasteiger partial charge in [0.1, 0.15) is 12.6 Å². The smallest absolute Gasteiger partial charge is 0.282 e. The van der Waals surface area contributed by atoms with E-state index in [4.69, 9.17) is 21.1 Å². The molecular weight excluding hydrogens is 512 g/mol. The zero-order valence-electron chi connectivity index (χ0n) is 21.0. The van der Waals surface area contributed by atoms with Gasteiger partial charge in [-0.25, -0.2) is 5.43 Å². The van der Waals surface area contributed by atoms with Gasteiger partial charge in [-0.15, -0.1) is 0 Å². The first kappa shape index (κ1) is 28.1. The first-order valence-corrected chi connectivity index (χ1v) is 12.0. The van der Waals surface area contributed by atoms with Crippen LogP contribution in [0.1, 0.15) is 35.3 Å². The number of nitro groups is 1. The Morgan fingerprint density at radius 2 is 1.76 bits per heavy atom. The molecule has 3 aromatic carbocycles. The fourth-order valence-corrected chi connectivity index (χ4v) is 3.56. The standard InChI is InChI=1S/C27H27ClN4O6/c1-17(2)25(30-26(33)19-9-11-21(28)12-10-19)27(34)31-29-15-20-13-23(37-3)24(14-22(20)32(35)36)38-16-18-7-5-4-6-8-18/h4-15,17,25H,16H2,1-3H3,(H,30,33)(H,31,34)/b29-15-. The van der Waals surface area contributed by atoms with Gasteiger partial charge in [-0.2, -0.15) is 5.10 Å². The van der Waals surface area contributed by atoms with Gasteiger partial charge in [-0.05, 0) is 41.8 Å². The highest BCUT2D eigenvalue weighted by molar-refractivity contribution is 6.30. The largest absolute Gasteiger partial charge is 0.493 e. The highest BCUT2D eigenvalue weighted by Gasteiger charge is 2.25. The number of hydrogen-bond donors (Lipinski definition) is 2. The van der Waals surface area contributed by atoms with Crippen LogP contribution in [0.4, 0.5) is 5.69 Å². The van der Waals surface area contributed by atoms with E-state index in [1.165, 1.54) is 19.2 Å². The van der Waals surface area contributed by atoms with Crippen molar-refractivity contribution in [3.8, 4) is 11.5 Å². The molecule has 1 unspecified atom stereocenters. The second-order valence-electron chi connectivity index (χ2n) is 8.53. The van der Waals surface area contributed by atoms with Crippen LogP contribution in [0, 0.1) is 16.0 Å². The number of benzene rings is 3. The van der Waals surface area contributed by atoms with Crippen LogP contribution in [0.2, 0.25) is 5.02 Å². The van der Waals surface area contributed by atoms with Gasteiger partial charge in [0.15, 0.2) is 11.5 Å². The minimum absolute atomic E-state index is 0.0884. The number of carbonyl (C=O) groups is 2. The van der Waals surface area contributed by atoms with Crippen molar-refractivity contribution in [3.05, 3.63) is 98.6 Å². The summed E-state index contributed by atoms with van der Waals surface area (Å²) in [5.41, 5.74) is 3.37. The van der Waals surface area contributed by atoms with Crippen LogP contribution in [0.5, 0.6) is 11.5 Å². The molecule has 198 valence electrons. The number of carbonyl (C=O) groups excluding carboxylic acids is 2. The second-order valence-corrected chi connectivity index (χ2v) is 8.97. The van der Waals surface area contributed by atoms with E-state index in [0.717, 1.165) is 11.8 Å². The number of ether oxygens (including phenoxy) is 2. The summed E-state index contributed by atoms with van der Waals surface area (Å²) in [6.07, 6.45) is 1.14. The number of nitrogens with zero attached hydrogens (tertiary/aromatic N) is 2. The number of rotatable bonds is 11. The summed E-state index contributed by atoms with van der Waals surface area (Å²) in [6.45, 7) is 3.72. The molecule has 0 saturated heterocycles. The van der Waals surface area contributed by atoms with Gasteiger partial charge in [0.2, 0.25) is 0 Å². The molecule has 3 rings (SSSR count). The number of methoxy groups -OCH3 is 1. The number of hydrogen-bond acceptors (Lipinski definition) is 7. The first-order valence-electron chi connectivity index (χ1n) is 11.6. The number of halogens is 1. The first-order chi connectivity index (χ1) is 18.2. The summed E-state index contributed by atoms with van der Waals surface area (Å²) in [4.78, 5) is 36.5. The highest BCUT2D eigenvalue weighted by Crippen LogP contribution is 2.34. The Hall–Kier alpha value is -4.44. The third kappa shape index (κ3) is 7.53. The van der Waals surface area contributed by atoms with E-state index in [0.29, 0.717) is 10.6 Å². The molecule has 11 heteroatoms. The Balaban J connectivity index is 1.74. The molecule has 1 atom stereocenters. The fourth-order valence-electron chi connectivity index (χ4n) is 3.43. The molecule has 0 aliphatic carbocycles. The number of amides is 2. The highest BCUT2D eigenvalue weighted by atomic mass is 35.5. The van der Waals surface area contributed by atoms with Crippen LogP contribution in [0.3, 0.4) is 0 Å². The molecule has 38 heavy (non-hydrogen) atoms. The summed E-state index contributed by atoms with van der Waals surface area (Å²) in [6, 6.07) is 17.3. The third-order valence-electron chi connectivity index (χ3n) is 5.47. The van der Waals surface area contributed by atoms with E-state index in [1.807, 2.05) is 30.3 Å². The van der Waals surface area contributed by atoms with Crippen molar-refractivity contribution in [2.75, 3.05) is 7.11 Å². The van der Waals surface area contributed by atoms with Crippen LogP contribution < -0.4 is 20.2 Å². The van der Waals surface area contributed by atoms with Gasteiger partial charge in [0.25, 0.3) is 17.5 Å². The van der Waals surface area contributed by atoms with E-state index < -0.39 is 22.8 Å². The molecule has 0 aliphatic heterocycles. The van der Waals surface area contributed by atoms with Gasteiger partial charge < -0.3 is 14.8 Å². The maximum absolute atomic E-state index is 12.8. The molecule has 0 bridgehead atoms. The summed E-state index contributed by atoms with van der Waals surface area (Å²) >= 11 is 5.86. The van der Waals surface area contributed by atoms with Crippen LogP contribution in [0.25, 0.3) is 0 Å². The van der Waals surface area contributed by atoms with Crippen LogP contribution >= 0.6 is 11.6 Å². The summed E-state index contributed by atoms with van der Waals surface area (Å²) in [5, 5.41) is 18.8. The quantitative estimate of drug-likeness (QED) is 0.206. The maximum atomic E-state index is 12.8. The molecule has 0 saturated carbocycles. The molecule has 2 amide bonds. The number of hydrazone groups is 1. The molecule has 0 aromatic heterocycles. The summed E-state index contributed by atoms with van der Waals surface area (Å²) < 4.78 is 11.1. The average Bonchev–Trinajstić information content (AvgIpc) is 2.91. The van der Waals surface area contributed by atoms with Crippen LogP contribution in [-0.2, 0) is 11.4 Å². The minimum Gasteiger partial charge on any atom is -0.493 e. The van der Waals surface area contributed by atoms with Gasteiger partial charge >= 0.3 is 0 Å². The number of nitrogens with one attached hydrogen (secondary N) is 2. The molecule has 10 nitrogen and oxygen atoms in total. The van der Waals surface area contributed by atoms with Gasteiger partial charge in [-0.1, -0.05) is 55.8 Å². The van der Waals surface area contributed by atoms with E-state index in [9.17, 15) is 19.7 Å². The average molecular weight is 539 g/mol. The van der Waals surface area contributed by atoms with Crippen LogP contribution in [-0.4, -0.2) is 36.1 Å². The van der Waals surface area contributed by atoms with Crippen molar-refractivity contribution < 1.29 is 24.0 Å². The molecule has 0 radical (unpaired) electrons. The van der Waals surface area contributed by atoms with Crippen LogP contribution in [0.15, 0.2) is 71.8 Å². The van der Waals surface area contributed by atoms with Crippen molar-refractivity contribution in [2.45, 2.75) is 26.5 Å². The lowest BCUT2D eigenvalue weighted by Crippen LogP contribution is -2.48. The molecule has 0 fully saturated rings. The Morgan fingerprint density at radius 3 is 2.37 bits per heavy atom. The lowest BCUT2D eigenvalue weighted by molar-refractivity contribution is -0.385. The summed E-state index contributed by atoms with van der Waals surface area (Å²) in [5.74, 6) is -0.859. The van der Waals surface area contributed by atoms with Crippen molar-refractivity contribution >= 4 is 35.3 Å². The monoisotopic (exact) mass is 538 g/mol. The molecule has 2 N–H and O–H groups in total. The predicted octanol–water partition coefficient (Wildman–Crippen LogP) is 4.74. The minimum atomic E-state index is -0.909. The second kappa shape index (κ2) is 13.2. The van der Waals surface area contributed by atoms with Crippen molar-refractivity contribution in [2.24, 2.45) is 11.0 Å². The Kier molecular flexibility index (Phi) is 9.78. The Morgan fingerprint density at radius 1 is 1.08 bits per heavy atom. The Bertz CT molecular complexity index is 1310. The van der Waals surface area contributed by atoms with Gasteiger partial charge in [-0.3, -0.25) is 19.7 Å². The topological polar surface area (TPSA) is 132 Å². The molecular formula is C27H27ClN4O6. The molecule has 0 spiro atoms. The van der Waals surface area contributed by atoms with E-state index >= 15 is 0 Å². The van der Waals surface area contributed by atoms with Crippen molar-refractivity contribution in [3.63, 3.8) is 0 Å². The lowest BCUT2D eigenvalue weighted by Gasteiger charge is -2.20. The van der Waals surface area contributed by atoms with Crippen molar-refractivity contribution in [1.82, 2.24) is 10.7 Å². The molecule has 0 aliphatic rings. The molecule has 3 aromatic rings. The van der Waals surface area contributed by atoms with Crippen molar-refractivity contribution in [1.29, 1.82) is 0 Å². The normalized spacial score (nSPS) is 11.7. The third-order valence-corrected chi connectivity index (χ3v) is 5.72. The Labute approximate surface area is 224 Å². The van der Waals surface area contributed by atoms with E-state index in [2.05, 4.69) is 15.8 Å². The molecule has 0 heterocycles. The van der Waals surface area contributed by atoms with Gasteiger partial charge in [0.05, 0.1) is 29.9 Å². The van der Waals surface area contributed by atoms with E-state index in [-0.39, 0.29) is 35.3 Å². The number of nitro benzene ring substituents is 1. The van der Waals surface area contributed by atoms with Gasteiger partial charge in [0, 0.05) is 10.6 Å². The zero-order valence-corrected chi connectivity index (χ0v) is 21.8. The predicted molar refractivity (Wildman–Crippen MR) is 144 cm³/mol. The fraction of sp³-hybridized carbons (Fsp3) is 0.222. The SMILES string of the molecule is COc1cc(/C=N\NC(=O)C(NC(=O)c2ccc(Cl)cc2)C(C)C)c([N+](=O)[O-])cc1OCc1ccccc1. The lowest BCUT2D eigenvalue weighted by atomic mass is 10.0. The van der Waals surface area contributed by atoms with E-state index in [1.54, 1.807) is 38.1 Å².